The maximum atomic E-state index is 12.4. The number of ether oxygens (including phenoxy) is 2. The molecule has 1 aliphatic heterocycles. The number of nitrogens with zero attached hydrogens (tertiary/aromatic N) is 1. The summed E-state index contributed by atoms with van der Waals surface area (Å²) in [7, 11) is 1.76. The zero-order chi connectivity index (χ0) is 18.4. The van der Waals surface area contributed by atoms with E-state index in [-0.39, 0.29) is 18.4 Å². The van der Waals surface area contributed by atoms with Crippen LogP contribution in [0.2, 0.25) is 0 Å². The zero-order valence-corrected chi connectivity index (χ0v) is 14.7. The highest BCUT2D eigenvalue weighted by Gasteiger charge is 2.22. The molecule has 0 spiro atoms. The van der Waals surface area contributed by atoms with E-state index >= 15 is 0 Å². The third-order valence-electron chi connectivity index (χ3n) is 4.20. The van der Waals surface area contributed by atoms with Crippen LogP contribution in [0.5, 0.6) is 0 Å². The van der Waals surface area contributed by atoms with Crippen molar-refractivity contribution in [3.05, 3.63) is 60.2 Å². The van der Waals surface area contributed by atoms with Gasteiger partial charge in [0.05, 0.1) is 26.2 Å². The van der Waals surface area contributed by atoms with Gasteiger partial charge in [-0.3, -0.25) is 9.59 Å². The summed E-state index contributed by atoms with van der Waals surface area (Å²) in [6, 6.07) is 16.8. The fraction of sp³-hybridized carbons (Fsp3) is 0.300. The van der Waals surface area contributed by atoms with Crippen LogP contribution < -0.4 is 10.2 Å². The molecule has 1 saturated heterocycles. The summed E-state index contributed by atoms with van der Waals surface area (Å²) in [5, 5.41) is 2.80. The second-order valence-corrected chi connectivity index (χ2v) is 6.09. The number of benzene rings is 2. The molecule has 0 unspecified atom stereocenters. The van der Waals surface area contributed by atoms with Gasteiger partial charge in [0, 0.05) is 18.4 Å². The second-order valence-electron chi connectivity index (χ2n) is 6.09. The van der Waals surface area contributed by atoms with Gasteiger partial charge >= 0.3 is 0 Å². The van der Waals surface area contributed by atoms with E-state index in [9.17, 15) is 9.59 Å². The largest absolute Gasteiger partial charge is 0.376 e. The Bertz CT molecular complexity index is 740. The van der Waals surface area contributed by atoms with E-state index in [1.807, 2.05) is 42.5 Å². The molecule has 0 aliphatic carbocycles. The summed E-state index contributed by atoms with van der Waals surface area (Å²) in [6.07, 6.45) is -0.288. The van der Waals surface area contributed by atoms with Crippen LogP contribution >= 0.6 is 0 Å². The number of carbonyl (C=O) groups is 2. The van der Waals surface area contributed by atoms with Gasteiger partial charge in [-0.25, -0.2) is 0 Å². The molecule has 6 heteroatoms. The number of rotatable bonds is 5. The third-order valence-corrected chi connectivity index (χ3v) is 4.20. The number of carbonyl (C=O) groups excluding carboxylic acids is 2. The van der Waals surface area contributed by atoms with Gasteiger partial charge in [-0.15, -0.1) is 0 Å². The summed E-state index contributed by atoms with van der Waals surface area (Å²) in [5.74, 6) is -0.224. The summed E-state index contributed by atoms with van der Waals surface area (Å²) >= 11 is 0. The molecule has 0 radical (unpaired) electrons. The number of anilines is 2. The Balaban J connectivity index is 1.55. The van der Waals surface area contributed by atoms with Crippen LogP contribution in [0.4, 0.5) is 11.4 Å². The number of hydrogen-bond acceptors (Lipinski definition) is 4. The highest BCUT2D eigenvalue weighted by atomic mass is 16.6. The molecule has 26 heavy (non-hydrogen) atoms. The SMILES string of the molecule is CN(C(=O)Cc1ccc(NC(=O)[C@H]2COCCO2)cc1)c1ccccc1. The first-order chi connectivity index (χ1) is 12.6. The van der Waals surface area contributed by atoms with E-state index in [1.54, 1.807) is 24.1 Å². The van der Waals surface area contributed by atoms with Crippen LogP contribution in [0.25, 0.3) is 0 Å². The molecule has 0 aromatic heterocycles. The lowest BCUT2D eigenvalue weighted by atomic mass is 10.1. The molecule has 2 aromatic carbocycles. The van der Waals surface area contributed by atoms with Crippen molar-refractivity contribution in [3.8, 4) is 0 Å². The summed E-state index contributed by atoms with van der Waals surface area (Å²) < 4.78 is 10.6. The Morgan fingerprint density at radius 1 is 1.08 bits per heavy atom. The van der Waals surface area contributed by atoms with Crippen molar-refractivity contribution >= 4 is 23.2 Å². The molecular weight excluding hydrogens is 332 g/mol. The van der Waals surface area contributed by atoms with Crippen LogP contribution in [-0.4, -0.2) is 44.8 Å². The lowest BCUT2D eigenvalue weighted by molar-refractivity contribution is -0.142. The first-order valence-corrected chi connectivity index (χ1v) is 8.54. The average Bonchev–Trinajstić information content (AvgIpc) is 2.70. The van der Waals surface area contributed by atoms with Crippen molar-refractivity contribution in [2.45, 2.75) is 12.5 Å². The molecule has 0 saturated carbocycles. The Labute approximate surface area is 152 Å². The first kappa shape index (κ1) is 18.1. The lowest BCUT2D eigenvalue weighted by Gasteiger charge is -2.22. The number of nitrogens with one attached hydrogen (secondary N) is 1. The van der Waals surface area contributed by atoms with Gasteiger partial charge in [0.1, 0.15) is 0 Å². The van der Waals surface area contributed by atoms with Gasteiger partial charge in [0.15, 0.2) is 6.10 Å². The maximum Gasteiger partial charge on any atom is 0.255 e. The van der Waals surface area contributed by atoms with Crippen molar-refractivity contribution in [2.75, 3.05) is 37.1 Å². The summed E-state index contributed by atoms with van der Waals surface area (Å²) in [4.78, 5) is 26.1. The fourth-order valence-electron chi connectivity index (χ4n) is 2.66. The predicted molar refractivity (Wildman–Crippen MR) is 99.2 cm³/mol. The molecule has 1 atom stereocenters. The zero-order valence-electron chi connectivity index (χ0n) is 14.7. The van der Waals surface area contributed by atoms with Crippen LogP contribution in [0.3, 0.4) is 0 Å². The van der Waals surface area contributed by atoms with Gasteiger partial charge in [-0.05, 0) is 29.8 Å². The van der Waals surface area contributed by atoms with Crippen LogP contribution in [0.15, 0.2) is 54.6 Å². The fourth-order valence-corrected chi connectivity index (χ4v) is 2.66. The van der Waals surface area contributed by atoms with Crippen molar-refractivity contribution in [1.82, 2.24) is 0 Å². The third kappa shape index (κ3) is 4.68. The lowest BCUT2D eigenvalue weighted by Crippen LogP contribution is -2.39. The molecule has 0 bridgehead atoms. The van der Waals surface area contributed by atoms with Crippen molar-refractivity contribution in [2.24, 2.45) is 0 Å². The molecule has 136 valence electrons. The van der Waals surface area contributed by atoms with Crippen LogP contribution in [0, 0.1) is 0 Å². The quantitative estimate of drug-likeness (QED) is 0.894. The minimum Gasteiger partial charge on any atom is -0.376 e. The topological polar surface area (TPSA) is 67.9 Å². The summed E-state index contributed by atoms with van der Waals surface area (Å²) in [6.45, 7) is 1.21. The molecule has 1 fully saturated rings. The Kier molecular flexibility index (Phi) is 5.99. The number of para-hydroxylation sites is 1. The maximum absolute atomic E-state index is 12.4. The molecule has 1 N–H and O–H groups in total. The number of hydrogen-bond donors (Lipinski definition) is 1. The van der Waals surface area contributed by atoms with Crippen LogP contribution in [-0.2, 0) is 25.5 Å². The molecule has 3 rings (SSSR count). The number of amides is 2. The van der Waals surface area contributed by atoms with Gasteiger partial charge < -0.3 is 19.7 Å². The normalized spacial score (nSPS) is 16.7. The highest BCUT2D eigenvalue weighted by molar-refractivity contribution is 5.95. The van der Waals surface area contributed by atoms with Crippen molar-refractivity contribution in [3.63, 3.8) is 0 Å². The monoisotopic (exact) mass is 354 g/mol. The van der Waals surface area contributed by atoms with Gasteiger partial charge in [0.2, 0.25) is 5.91 Å². The molecular formula is C20H22N2O4. The van der Waals surface area contributed by atoms with E-state index in [0.29, 0.717) is 25.3 Å². The molecule has 2 aromatic rings. The van der Waals surface area contributed by atoms with Gasteiger partial charge in [0.25, 0.3) is 5.91 Å². The predicted octanol–water partition coefficient (Wildman–Crippen LogP) is 2.25. The van der Waals surface area contributed by atoms with E-state index in [1.165, 1.54) is 0 Å². The van der Waals surface area contributed by atoms with Gasteiger partial charge in [-0.2, -0.15) is 0 Å². The van der Waals surface area contributed by atoms with E-state index in [0.717, 1.165) is 11.3 Å². The minimum absolute atomic E-state index is 0.000685. The van der Waals surface area contributed by atoms with E-state index < -0.39 is 6.10 Å². The average molecular weight is 354 g/mol. The Hall–Kier alpha value is -2.70. The highest BCUT2D eigenvalue weighted by Crippen LogP contribution is 2.15. The van der Waals surface area contributed by atoms with Crippen molar-refractivity contribution < 1.29 is 19.1 Å². The smallest absolute Gasteiger partial charge is 0.255 e. The van der Waals surface area contributed by atoms with E-state index in [4.69, 9.17) is 9.47 Å². The molecule has 6 nitrogen and oxygen atoms in total. The Morgan fingerprint density at radius 3 is 2.46 bits per heavy atom. The number of likely N-dealkylation sites (N-methyl/N-ethyl adjacent to an activating group) is 1. The first-order valence-electron chi connectivity index (χ1n) is 8.54. The molecule has 1 aliphatic rings. The van der Waals surface area contributed by atoms with Crippen LogP contribution in [0.1, 0.15) is 5.56 Å². The Morgan fingerprint density at radius 2 is 1.81 bits per heavy atom. The van der Waals surface area contributed by atoms with Crippen molar-refractivity contribution in [1.29, 1.82) is 0 Å². The van der Waals surface area contributed by atoms with E-state index in [2.05, 4.69) is 5.32 Å². The second kappa shape index (κ2) is 8.60. The molecule has 1 heterocycles. The standard InChI is InChI=1S/C20H22N2O4/c1-22(17-5-3-2-4-6-17)19(23)13-15-7-9-16(10-8-15)21-20(24)18-14-25-11-12-26-18/h2-10,18H,11-14H2,1H3,(H,21,24)/t18-/m1/s1. The summed E-state index contributed by atoms with van der Waals surface area (Å²) in [5.41, 5.74) is 2.40. The molecule has 2 amide bonds. The minimum atomic E-state index is -0.579. The van der Waals surface area contributed by atoms with Gasteiger partial charge in [-0.1, -0.05) is 30.3 Å².